The number of carbonyl (C=O) groups is 3. The average Bonchev–Trinajstić information content (AvgIpc) is 2.82. The summed E-state index contributed by atoms with van der Waals surface area (Å²) in [6.07, 6.45) is 0.259. The smallest absolute Gasteiger partial charge is 0.338 e. The molecule has 0 aliphatic rings. The van der Waals surface area contributed by atoms with E-state index >= 15 is 0 Å². The number of hydrogen-bond donors (Lipinski definition) is 1. The van der Waals surface area contributed by atoms with E-state index < -0.39 is 17.7 Å². The molecule has 0 spiro atoms. The number of rotatable bonds is 10. The van der Waals surface area contributed by atoms with Gasteiger partial charge < -0.3 is 19.4 Å². The van der Waals surface area contributed by atoms with E-state index in [1.807, 2.05) is 0 Å². The van der Waals surface area contributed by atoms with E-state index in [1.165, 1.54) is 25.8 Å². The van der Waals surface area contributed by atoms with Crippen LogP contribution in [0, 0.1) is 0 Å². The number of methoxy groups -OCH3 is 1. The van der Waals surface area contributed by atoms with Crippen LogP contribution in [0.15, 0.2) is 57.4 Å². The van der Waals surface area contributed by atoms with Gasteiger partial charge in [-0.3, -0.25) is 4.79 Å². The Morgan fingerprint density at radius 2 is 1.73 bits per heavy atom. The van der Waals surface area contributed by atoms with Crippen molar-refractivity contribution in [2.24, 2.45) is 5.16 Å². The second kappa shape index (κ2) is 12.8. The average molecular weight is 490 g/mol. The molecule has 0 aliphatic carbocycles. The van der Waals surface area contributed by atoms with Crippen molar-refractivity contribution in [3.8, 4) is 0 Å². The van der Waals surface area contributed by atoms with Gasteiger partial charge in [0.05, 0.1) is 19.3 Å². The van der Waals surface area contributed by atoms with Gasteiger partial charge in [0.15, 0.2) is 5.05 Å². The molecule has 1 N–H and O–H groups in total. The lowest BCUT2D eigenvalue weighted by molar-refractivity contribution is -0.140. The lowest BCUT2D eigenvalue weighted by Crippen LogP contribution is -2.18. The van der Waals surface area contributed by atoms with E-state index in [2.05, 4.69) is 9.99 Å². The number of Topliss-reactive ketones (excluding diaryl/α,β-unsaturated/α-hetero) is 1. The van der Waals surface area contributed by atoms with E-state index in [0.29, 0.717) is 11.1 Å². The predicted octanol–water partition coefficient (Wildman–Crippen LogP) is 3.82. The molecule has 174 valence electrons. The number of nitrogens with zero attached hydrogens (tertiary/aromatic N) is 1. The van der Waals surface area contributed by atoms with Gasteiger partial charge in [0, 0.05) is 27.8 Å². The quantitative estimate of drug-likeness (QED) is 0.133. The molecular weight excluding hydrogens is 466 g/mol. The zero-order valence-electron chi connectivity index (χ0n) is 18.3. The molecule has 2 aromatic rings. The normalized spacial score (nSPS) is 11.0. The van der Waals surface area contributed by atoms with Crippen molar-refractivity contribution in [3.63, 3.8) is 0 Å². The molecule has 0 unspecified atom stereocenters. The van der Waals surface area contributed by atoms with E-state index in [4.69, 9.17) is 26.8 Å². The fourth-order valence-electron chi connectivity index (χ4n) is 2.62. The number of oxime groups is 1. The van der Waals surface area contributed by atoms with Crippen LogP contribution in [-0.2, 0) is 19.1 Å². The first-order chi connectivity index (χ1) is 15.8. The number of esters is 1. The van der Waals surface area contributed by atoms with Crippen molar-refractivity contribution >= 4 is 52.5 Å². The van der Waals surface area contributed by atoms with Crippen LogP contribution in [0.3, 0.4) is 0 Å². The third-order valence-corrected chi connectivity index (χ3v) is 5.56. The largest absolute Gasteiger partial charge is 0.486 e. The zero-order chi connectivity index (χ0) is 24.4. The highest BCUT2D eigenvalue weighted by Gasteiger charge is 2.21. The maximum atomic E-state index is 13.0. The van der Waals surface area contributed by atoms with Crippen LogP contribution in [0.5, 0.6) is 0 Å². The summed E-state index contributed by atoms with van der Waals surface area (Å²) >= 11 is 6.68. The number of ether oxygens (including phenoxy) is 2. The molecule has 0 amide bonds. The van der Waals surface area contributed by atoms with Gasteiger partial charge in [0.1, 0.15) is 12.3 Å². The standard InChI is InChI=1S/C23H23NO7S2/c1-4-20(24-31-14(2)26)21(27)18-10-9-17(13-19(18)23(32)29-3)33-16-7-5-15(6-8-16)22(28)30-12-11-25/h5-10,13,25H,4,11-12H2,1-3H3/b24-20+. The molecule has 0 saturated carbocycles. The van der Waals surface area contributed by atoms with Crippen LogP contribution in [0.25, 0.3) is 0 Å². The Balaban J connectivity index is 2.29. The summed E-state index contributed by atoms with van der Waals surface area (Å²) < 4.78 is 10.1. The van der Waals surface area contributed by atoms with Gasteiger partial charge in [-0.2, -0.15) is 0 Å². The Labute approximate surface area is 200 Å². The second-order valence-corrected chi connectivity index (χ2v) is 8.01. The fraction of sp³-hybridized carbons (Fsp3) is 0.261. The lowest BCUT2D eigenvalue weighted by Gasteiger charge is -2.12. The minimum absolute atomic E-state index is 0.0616. The summed E-state index contributed by atoms with van der Waals surface area (Å²) in [6, 6.07) is 11.9. The molecule has 0 heterocycles. The van der Waals surface area contributed by atoms with Gasteiger partial charge in [-0.15, -0.1) is 0 Å². The SMILES string of the molecule is CC/C(=N\OC(C)=O)C(=O)c1ccc(Sc2ccc(C(=O)OCCO)cc2)cc1C(=S)OC. The highest BCUT2D eigenvalue weighted by Crippen LogP contribution is 2.30. The molecule has 8 nitrogen and oxygen atoms in total. The molecule has 0 saturated heterocycles. The molecular formula is C23H23NO7S2. The van der Waals surface area contributed by atoms with Gasteiger partial charge >= 0.3 is 11.9 Å². The van der Waals surface area contributed by atoms with E-state index in [0.717, 1.165) is 9.79 Å². The van der Waals surface area contributed by atoms with Crippen LogP contribution in [0.2, 0.25) is 0 Å². The Hall–Kier alpha value is -3.08. The van der Waals surface area contributed by atoms with Crippen molar-refractivity contribution in [1.29, 1.82) is 0 Å². The molecule has 0 bridgehead atoms. The minimum Gasteiger partial charge on any atom is -0.486 e. The number of thiocarbonyl (C=S) groups is 1. The number of carbonyl (C=O) groups excluding carboxylic acids is 3. The number of aliphatic hydroxyl groups is 1. The van der Waals surface area contributed by atoms with Gasteiger partial charge in [-0.05, 0) is 61.1 Å². The maximum absolute atomic E-state index is 13.0. The second-order valence-electron chi connectivity index (χ2n) is 6.49. The molecule has 10 heteroatoms. The molecule has 0 atom stereocenters. The Bertz CT molecular complexity index is 1060. The summed E-state index contributed by atoms with van der Waals surface area (Å²) in [4.78, 5) is 42.1. The third kappa shape index (κ3) is 7.48. The van der Waals surface area contributed by atoms with E-state index in [1.54, 1.807) is 49.4 Å². The number of aliphatic hydroxyl groups excluding tert-OH is 1. The Kier molecular flexibility index (Phi) is 10.2. The Morgan fingerprint density at radius 1 is 1.06 bits per heavy atom. The molecule has 0 radical (unpaired) electrons. The molecule has 0 aromatic heterocycles. The lowest BCUT2D eigenvalue weighted by atomic mass is 10.00. The van der Waals surface area contributed by atoms with Gasteiger partial charge in [-0.1, -0.05) is 23.8 Å². The van der Waals surface area contributed by atoms with Crippen LogP contribution < -0.4 is 0 Å². The van der Waals surface area contributed by atoms with Crippen LogP contribution in [-0.4, -0.2) is 53.9 Å². The molecule has 0 fully saturated rings. The third-order valence-electron chi connectivity index (χ3n) is 4.17. The molecule has 33 heavy (non-hydrogen) atoms. The number of hydrogen-bond acceptors (Lipinski definition) is 10. The zero-order valence-corrected chi connectivity index (χ0v) is 20.0. The van der Waals surface area contributed by atoms with Gasteiger partial charge in [0.25, 0.3) is 0 Å². The molecule has 2 rings (SSSR count). The monoisotopic (exact) mass is 489 g/mol. The van der Waals surface area contributed by atoms with Gasteiger partial charge in [0.2, 0.25) is 5.78 Å². The number of ketones is 1. The Morgan fingerprint density at radius 3 is 2.30 bits per heavy atom. The highest BCUT2D eigenvalue weighted by atomic mass is 32.2. The van der Waals surface area contributed by atoms with Gasteiger partial charge in [-0.25, -0.2) is 9.59 Å². The summed E-state index contributed by atoms with van der Waals surface area (Å²) in [5, 5.41) is 12.5. The van der Waals surface area contributed by atoms with Crippen molar-refractivity contribution < 1.29 is 33.8 Å². The summed E-state index contributed by atoms with van der Waals surface area (Å²) in [5.41, 5.74) is 1.14. The van der Waals surface area contributed by atoms with Crippen molar-refractivity contribution in [2.75, 3.05) is 20.3 Å². The highest BCUT2D eigenvalue weighted by molar-refractivity contribution is 7.99. The summed E-state index contributed by atoms with van der Waals surface area (Å²) in [6.45, 7) is 2.62. The van der Waals surface area contributed by atoms with E-state index in [-0.39, 0.29) is 36.0 Å². The number of benzene rings is 2. The molecule has 2 aromatic carbocycles. The van der Waals surface area contributed by atoms with Crippen LogP contribution in [0.4, 0.5) is 0 Å². The van der Waals surface area contributed by atoms with Crippen LogP contribution >= 0.6 is 24.0 Å². The van der Waals surface area contributed by atoms with Crippen molar-refractivity contribution in [2.45, 2.75) is 30.1 Å². The summed E-state index contributed by atoms with van der Waals surface area (Å²) in [5.74, 6) is -1.56. The summed E-state index contributed by atoms with van der Waals surface area (Å²) in [7, 11) is 1.42. The first kappa shape index (κ1) is 26.2. The fourth-order valence-corrected chi connectivity index (χ4v) is 3.65. The first-order valence-corrected chi connectivity index (χ1v) is 11.1. The predicted molar refractivity (Wildman–Crippen MR) is 127 cm³/mol. The van der Waals surface area contributed by atoms with Crippen LogP contribution in [0.1, 0.15) is 46.5 Å². The first-order valence-electron chi connectivity index (χ1n) is 9.88. The van der Waals surface area contributed by atoms with Crippen molar-refractivity contribution in [3.05, 3.63) is 59.2 Å². The maximum Gasteiger partial charge on any atom is 0.338 e. The minimum atomic E-state index is -0.624. The van der Waals surface area contributed by atoms with Crippen molar-refractivity contribution in [1.82, 2.24) is 0 Å². The van der Waals surface area contributed by atoms with E-state index in [9.17, 15) is 14.4 Å². The molecule has 0 aliphatic heterocycles. The topological polar surface area (TPSA) is 111 Å².